The number of para-hydroxylation sites is 2. The molecule has 1 heterocycles. The molecule has 0 spiro atoms. The molecule has 1 unspecified atom stereocenters. The fraction of sp³-hybridized carbons (Fsp3) is 0.385. The molecule has 1 aromatic rings. The van der Waals surface area contributed by atoms with Crippen LogP contribution in [0.2, 0.25) is 0 Å². The highest BCUT2D eigenvalue weighted by atomic mass is 16.2. The first kappa shape index (κ1) is 12.6. The van der Waals surface area contributed by atoms with E-state index in [1.165, 1.54) is 6.92 Å². The summed E-state index contributed by atoms with van der Waals surface area (Å²) in [5.41, 5.74) is 7.01. The number of hydrogen-bond donors (Lipinski definition) is 2. The summed E-state index contributed by atoms with van der Waals surface area (Å²) in [7, 11) is 0. The van der Waals surface area contributed by atoms with Crippen molar-refractivity contribution in [3.63, 3.8) is 0 Å². The van der Waals surface area contributed by atoms with Gasteiger partial charge in [0.2, 0.25) is 11.8 Å². The monoisotopic (exact) mass is 247 g/mol. The van der Waals surface area contributed by atoms with Crippen LogP contribution < -0.4 is 16.0 Å². The van der Waals surface area contributed by atoms with Crippen molar-refractivity contribution >= 4 is 23.2 Å². The lowest BCUT2D eigenvalue weighted by Crippen LogP contribution is -2.27. The van der Waals surface area contributed by atoms with Crippen LogP contribution in [-0.2, 0) is 9.59 Å². The number of nitrogens with zero attached hydrogens (tertiary/aromatic N) is 1. The Kier molecular flexibility index (Phi) is 3.62. The van der Waals surface area contributed by atoms with Crippen LogP contribution in [0.3, 0.4) is 0 Å². The van der Waals surface area contributed by atoms with Crippen molar-refractivity contribution < 1.29 is 9.59 Å². The number of carbonyl (C=O) groups is 2. The lowest BCUT2D eigenvalue weighted by atomic mass is 10.1. The molecule has 1 saturated heterocycles. The van der Waals surface area contributed by atoms with Crippen molar-refractivity contribution in [3.8, 4) is 0 Å². The van der Waals surface area contributed by atoms with Gasteiger partial charge in [-0.3, -0.25) is 9.59 Å². The normalized spacial score (nSPS) is 19.1. The van der Waals surface area contributed by atoms with E-state index in [1.54, 1.807) is 11.0 Å². The second-order valence-electron chi connectivity index (χ2n) is 4.51. The lowest BCUT2D eigenvalue weighted by Gasteiger charge is -2.20. The van der Waals surface area contributed by atoms with Crippen molar-refractivity contribution in [2.45, 2.75) is 13.3 Å². The summed E-state index contributed by atoms with van der Waals surface area (Å²) in [5, 5.41) is 2.74. The van der Waals surface area contributed by atoms with Crippen molar-refractivity contribution in [2.75, 3.05) is 23.3 Å². The lowest BCUT2D eigenvalue weighted by molar-refractivity contribution is -0.117. The molecule has 1 atom stereocenters. The minimum atomic E-state index is -0.149. The summed E-state index contributed by atoms with van der Waals surface area (Å²) < 4.78 is 0. The molecule has 1 fully saturated rings. The van der Waals surface area contributed by atoms with Crippen LogP contribution in [0.25, 0.3) is 0 Å². The van der Waals surface area contributed by atoms with Crippen LogP contribution in [-0.4, -0.2) is 24.9 Å². The SMILES string of the molecule is CC(=O)Nc1ccccc1N1CC(CN)CC1=O. The topological polar surface area (TPSA) is 75.4 Å². The Morgan fingerprint density at radius 2 is 2.22 bits per heavy atom. The number of nitrogens with one attached hydrogen (secondary N) is 1. The first-order valence-electron chi connectivity index (χ1n) is 5.99. The first-order chi connectivity index (χ1) is 8.61. The molecule has 5 nitrogen and oxygen atoms in total. The quantitative estimate of drug-likeness (QED) is 0.835. The molecule has 96 valence electrons. The molecule has 1 aliphatic rings. The summed E-state index contributed by atoms with van der Waals surface area (Å²) in [6, 6.07) is 7.31. The van der Waals surface area contributed by atoms with Gasteiger partial charge in [0, 0.05) is 19.9 Å². The predicted octanol–water partition coefficient (Wildman–Crippen LogP) is 0.957. The maximum atomic E-state index is 11.9. The zero-order valence-corrected chi connectivity index (χ0v) is 10.3. The zero-order chi connectivity index (χ0) is 13.1. The van der Waals surface area contributed by atoms with E-state index in [9.17, 15) is 9.59 Å². The molecule has 18 heavy (non-hydrogen) atoms. The summed E-state index contributed by atoms with van der Waals surface area (Å²) in [6.45, 7) is 2.57. The molecule has 0 saturated carbocycles. The van der Waals surface area contributed by atoms with Gasteiger partial charge in [-0.05, 0) is 24.6 Å². The zero-order valence-electron chi connectivity index (χ0n) is 10.3. The number of anilines is 2. The fourth-order valence-corrected chi connectivity index (χ4v) is 2.18. The molecule has 5 heteroatoms. The van der Waals surface area contributed by atoms with Gasteiger partial charge in [-0.15, -0.1) is 0 Å². The van der Waals surface area contributed by atoms with Gasteiger partial charge in [0.15, 0.2) is 0 Å². The maximum absolute atomic E-state index is 11.9. The van der Waals surface area contributed by atoms with E-state index in [-0.39, 0.29) is 17.7 Å². The van der Waals surface area contributed by atoms with Gasteiger partial charge in [-0.1, -0.05) is 12.1 Å². The second kappa shape index (κ2) is 5.18. The van der Waals surface area contributed by atoms with Gasteiger partial charge < -0.3 is 16.0 Å². The number of nitrogens with two attached hydrogens (primary N) is 1. The van der Waals surface area contributed by atoms with E-state index in [0.717, 1.165) is 5.69 Å². The Morgan fingerprint density at radius 1 is 1.50 bits per heavy atom. The van der Waals surface area contributed by atoms with Gasteiger partial charge in [0.1, 0.15) is 0 Å². The minimum absolute atomic E-state index is 0.0586. The predicted molar refractivity (Wildman–Crippen MR) is 70.3 cm³/mol. The summed E-state index contributed by atoms with van der Waals surface area (Å²) in [4.78, 5) is 24.8. The largest absolute Gasteiger partial charge is 0.330 e. The van der Waals surface area contributed by atoms with Gasteiger partial charge in [-0.2, -0.15) is 0 Å². The minimum Gasteiger partial charge on any atom is -0.330 e. The fourth-order valence-electron chi connectivity index (χ4n) is 2.18. The third-order valence-corrected chi connectivity index (χ3v) is 3.04. The van der Waals surface area contributed by atoms with Crippen LogP contribution in [0.5, 0.6) is 0 Å². The number of carbonyl (C=O) groups excluding carboxylic acids is 2. The van der Waals surface area contributed by atoms with Crippen LogP contribution in [0.1, 0.15) is 13.3 Å². The highest BCUT2D eigenvalue weighted by Crippen LogP contribution is 2.30. The maximum Gasteiger partial charge on any atom is 0.227 e. The molecule has 2 amide bonds. The molecule has 1 aliphatic heterocycles. The van der Waals surface area contributed by atoms with Gasteiger partial charge in [-0.25, -0.2) is 0 Å². The van der Waals surface area contributed by atoms with E-state index in [4.69, 9.17) is 5.73 Å². The van der Waals surface area contributed by atoms with Gasteiger partial charge in [0.25, 0.3) is 0 Å². The average Bonchev–Trinajstić information content (AvgIpc) is 2.70. The second-order valence-corrected chi connectivity index (χ2v) is 4.51. The molecule has 3 N–H and O–H groups in total. The van der Waals surface area contributed by atoms with Crippen molar-refractivity contribution in [2.24, 2.45) is 11.7 Å². The van der Waals surface area contributed by atoms with Gasteiger partial charge in [0.05, 0.1) is 11.4 Å². The number of amides is 2. The molecule has 1 aromatic carbocycles. The third kappa shape index (κ3) is 2.51. The van der Waals surface area contributed by atoms with Crippen molar-refractivity contribution in [1.82, 2.24) is 0 Å². The Hall–Kier alpha value is -1.88. The molecule has 2 rings (SSSR count). The number of hydrogen-bond acceptors (Lipinski definition) is 3. The van der Waals surface area contributed by atoms with E-state index in [2.05, 4.69) is 5.32 Å². The molecule has 0 aliphatic carbocycles. The molecular formula is C13H17N3O2. The highest BCUT2D eigenvalue weighted by Gasteiger charge is 2.30. The van der Waals surface area contributed by atoms with Crippen LogP contribution in [0.4, 0.5) is 11.4 Å². The Bertz CT molecular complexity index is 473. The Balaban J connectivity index is 2.27. The van der Waals surface area contributed by atoms with E-state index in [0.29, 0.717) is 25.2 Å². The summed E-state index contributed by atoms with van der Waals surface area (Å²) in [6.07, 6.45) is 0.477. The van der Waals surface area contributed by atoms with Crippen molar-refractivity contribution in [3.05, 3.63) is 24.3 Å². The molecule has 0 radical (unpaired) electrons. The highest BCUT2D eigenvalue weighted by molar-refractivity contribution is 6.01. The van der Waals surface area contributed by atoms with Gasteiger partial charge >= 0.3 is 0 Å². The average molecular weight is 247 g/mol. The molecular weight excluding hydrogens is 230 g/mol. The summed E-state index contributed by atoms with van der Waals surface area (Å²) in [5.74, 6) is 0.107. The third-order valence-electron chi connectivity index (χ3n) is 3.04. The first-order valence-corrected chi connectivity index (χ1v) is 5.99. The van der Waals surface area contributed by atoms with Crippen molar-refractivity contribution in [1.29, 1.82) is 0 Å². The Morgan fingerprint density at radius 3 is 2.83 bits per heavy atom. The smallest absolute Gasteiger partial charge is 0.227 e. The Labute approximate surface area is 106 Å². The van der Waals surface area contributed by atoms with E-state index < -0.39 is 0 Å². The number of benzene rings is 1. The summed E-state index contributed by atoms with van der Waals surface area (Å²) >= 11 is 0. The van der Waals surface area contributed by atoms with Crippen LogP contribution >= 0.6 is 0 Å². The van der Waals surface area contributed by atoms with E-state index in [1.807, 2.05) is 18.2 Å². The van der Waals surface area contributed by atoms with Crippen LogP contribution in [0.15, 0.2) is 24.3 Å². The standard InChI is InChI=1S/C13H17N3O2/c1-9(17)15-11-4-2-3-5-12(11)16-8-10(7-14)6-13(16)18/h2-5,10H,6-8,14H2,1H3,(H,15,17). The molecule has 0 bridgehead atoms. The van der Waals surface area contributed by atoms with E-state index >= 15 is 0 Å². The van der Waals surface area contributed by atoms with Crippen LogP contribution in [0, 0.1) is 5.92 Å². The number of rotatable bonds is 3. The molecule has 0 aromatic heterocycles.